The molecule has 0 saturated carbocycles. The van der Waals surface area contributed by atoms with Gasteiger partial charge in [-0.15, -0.1) is 0 Å². The predicted octanol–water partition coefficient (Wildman–Crippen LogP) is 2.61. The van der Waals surface area contributed by atoms with Crippen LogP contribution in [0.4, 0.5) is 0 Å². The molecule has 0 radical (unpaired) electrons. The predicted molar refractivity (Wildman–Crippen MR) is 99.7 cm³/mol. The first-order valence-electron chi connectivity index (χ1n) is 7.51. The average molecular weight is 416 g/mol. The Kier molecular flexibility index (Phi) is 6.68. The van der Waals surface area contributed by atoms with Crippen molar-refractivity contribution in [1.82, 2.24) is 0 Å². The molecule has 0 aliphatic carbocycles. The van der Waals surface area contributed by atoms with Crippen LogP contribution in [0.25, 0.3) is 0 Å². The molecule has 1 aliphatic rings. The van der Waals surface area contributed by atoms with Gasteiger partial charge in [-0.3, -0.25) is 4.99 Å². The Labute approximate surface area is 153 Å². The first kappa shape index (κ1) is 19.2. The average Bonchev–Trinajstić information content (AvgIpc) is 2.54. The lowest BCUT2D eigenvalue weighted by Crippen LogP contribution is -2.39. The highest BCUT2D eigenvalue weighted by atomic mass is 79.9. The van der Waals surface area contributed by atoms with Crippen molar-refractivity contribution in [3.8, 4) is 0 Å². The molecule has 1 saturated heterocycles. The Hall–Kier alpha value is -1.09. The van der Waals surface area contributed by atoms with E-state index in [1.807, 2.05) is 19.1 Å². The molecular formula is C16H22BrN3O3S. The molecule has 1 heterocycles. The molecule has 1 aliphatic heterocycles. The van der Waals surface area contributed by atoms with E-state index in [2.05, 4.69) is 39.9 Å². The Morgan fingerprint density at radius 3 is 2.75 bits per heavy atom. The van der Waals surface area contributed by atoms with Crippen molar-refractivity contribution < 1.29 is 13.7 Å². The Bertz CT molecular complexity index is 667. The van der Waals surface area contributed by atoms with Gasteiger partial charge in [0.25, 0.3) is 0 Å². The quantitative estimate of drug-likeness (QED) is 0.354. The number of ether oxygens (including phenoxy) is 2. The summed E-state index contributed by atoms with van der Waals surface area (Å²) >= 11 is 3.38. The van der Waals surface area contributed by atoms with Crippen LogP contribution >= 0.6 is 15.9 Å². The van der Waals surface area contributed by atoms with Gasteiger partial charge in [0.15, 0.2) is 11.3 Å². The van der Waals surface area contributed by atoms with Crippen LogP contribution in [0.2, 0.25) is 0 Å². The molecule has 1 unspecified atom stereocenters. The molecule has 1 aromatic rings. The third-order valence-electron chi connectivity index (χ3n) is 3.44. The van der Waals surface area contributed by atoms with Gasteiger partial charge in [-0.2, -0.15) is 5.10 Å². The molecule has 0 bridgehead atoms. The summed E-state index contributed by atoms with van der Waals surface area (Å²) in [5.41, 5.74) is 0.913. The summed E-state index contributed by atoms with van der Waals surface area (Å²) in [6, 6.07) is 5.57. The Balaban J connectivity index is 1.99. The van der Waals surface area contributed by atoms with Gasteiger partial charge >= 0.3 is 0 Å². The van der Waals surface area contributed by atoms with Gasteiger partial charge in [-0.05, 0) is 24.6 Å². The molecule has 1 atom stereocenters. The second kappa shape index (κ2) is 8.33. The second-order valence-electron chi connectivity index (χ2n) is 6.36. The molecule has 0 amide bonds. The van der Waals surface area contributed by atoms with E-state index < -0.39 is 17.1 Å². The van der Waals surface area contributed by atoms with Crippen LogP contribution in [-0.4, -0.2) is 41.5 Å². The Morgan fingerprint density at radius 2 is 2.12 bits per heavy atom. The topological polar surface area (TPSA) is 86.3 Å². The molecule has 6 nitrogen and oxygen atoms in total. The highest BCUT2D eigenvalue weighted by molar-refractivity contribution is 9.10. The molecule has 0 spiro atoms. The maximum absolute atomic E-state index is 12.6. The maximum Gasteiger partial charge on any atom is 0.176 e. The lowest BCUT2D eigenvalue weighted by molar-refractivity contribution is -0.215. The van der Waals surface area contributed by atoms with E-state index in [1.165, 1.54) is 6.21 Å². The third-order valence-corrected chi connectivity index (χ3v) is 5.37. The van der Waals surface area contributed by atoms with E-state index in [0.29, 0.717) is 24.7 Å². The summed E-state index contributed by atoms with van der Waals surface area (Å²) in [6.07, 6.45) is 1.03. The highest BCUT2D eigenvalue weighted by Gasteiger charge is 2.27. The van der Waals surface area contributed by atoms with Crippen molar-refractivity contribution in [2.24, 2.45) is 21.4 Å². The monoisotopic (exact) mass is 415 g/mol. The molecule has 132 valence electrons. The van der Waals surface area contributed by atoms with Crippen LogP contribution in [0.1, 0.15) is 19.4 Å². The number of hydrogen-bond donors (Lipinski definition) is 1. The fraction of sp³-hybridized carbons (Fsp3) is 0.500. The largest absolute Gasteiger partial charge is 0.350 e. The van der Waals surface area contributed by atoms with Crippen molar-refractivity contribution >= 4 is 38.0 Å². The van der Waals surface area contributed by atoms with Gasteiger partial charge in [0, 0.05) is 14.8 Å². The number of aryl methyl sites for hydroxylation is 1. The van der Waals surface area contributed by atoms with Crippen molar-refractivity contribution in [1.29, 1.82) is 0 Å². The van der Waals surface area contributed by atoms with E-state index in [-0.39, 0.29) is 10.5 Å². The zero-order valence-electron chi connectivity index (χ0n) is 14.0. The minimum Gasteiger partial charge on any atom is -0.350 e. The van der Waals surface area contributed by atoms with Gasteiger partial charge in [0.2, 0.25) is 0 Å². The maximum atomic E-state index is 12.6. The smallest absolute Gasteiger partial charge is 0.176 e. The van der Waals surface area contributed by atoms with Crippen LogP contribution in [0.5, 0.6) is 0 Å². The van der Waals surface area contributed by atoms with Gasteiger partial charge in [-0.1, -0.05) is 35.8 Å². The first-order chi connectivity index (χ1) is 11.3. The van der Waals surface area contributed by atoms with E-state index in [1.54, 1.807) is 6.07 Å². The third kappa shape index (κ3) is 5.20. The molecule has 1 aromatic carbocycles. The summed E-state index contributed by atoms with van der Waals surface area (Å²) in [4.78, 5) is 4.87. The molecule has 2 rings (SSSR count). The molecular weight excluding hydrogens is 394 g/mol. The van der Waals surface area contributed by atoms with Crippen molar-refractivity contribution in [2.45, 2.75) is 32.0 Å². The summed E-state index contributed by atoms with van der Waals surface area (Å²) in [5, 5.41) is 3.81. The lowest BCUT2D eigenvalue weighted by Gasteiger charge is -2.33. The van der Waals surface area contributed by atoms with Crippen LogP contribution in [0.15, 0.2) is 37.7 Å². The number of hydrogen-bond acceptors (Lipinski definition) is 6. The number of nitrogens with two attached hydrogens (primary N) is 1. The Morgan fingerprint density at radius 1 is 1.46 bits per heavy atom. The minimum atomic E-state index is -1.50. The van der Waals surface area contributed by atoms with Gasteiger partial charge in [-0.25, -0.2) is 4.21 Å². The highest BCUT2D eigenvalue weighted by Crippen LogP contribution is 2.23. The van der Waals surface area contributed by atoms with Gasteiger partial charge < -0.3 is 15.3 Å². The summed E-state index contributed by atoms with van der Waals surface area (Å²) in [6.45, 7) is 7.59. The molecule has 0 aromatic heterocycles. The number of nitrogens with zero attached hydrogens (tertiary/aromatic N) is 2. The van der Waals surface area contributed by atoms with Crippen molar-refractivity contribution in [3.05, 3.63) is 28.2 Å². The van der Waals surface area contributed by atoms with Gasteiger partial charge in [0.05, 0.1) is 26.0 Å². The number of benzene rings is 1. The van der Waals surface area contributed by atoms with Crippen molar-refractivity contribution in [3.63, 3.8) is 0 Å². The van der Waals surface area contributed by atoms with Gasteiger partial charge in [0.1, 0.15) is 10.8 Å². The second-order valence-corrected chi connectivity index (χ2v) is 8.67. The number of rotatable bonds is 4. The van der Waals surface area contributed by atoms with E-state index in [0.717, 1.165) is 10.0 Å². The number of halogens is 1. The fourth-order valence-corrected chi connectivity index (χ4v) is 3.66. The summed E-state index contributed by atoms with van der Waals surface area (Å²) in [5.74, 6) is 5.38. The zero-order valence-corrected chi connectivity index (χ0v) is 16.4. The van der Waals surface area contributed by atoms with Crippen LogP contribution < -0.4 is 5.84 Å². The van der Waals surface area contributed by atoms with Crippen LogP contribution in [0.3, 0.4) is 0 Å². The van der Waals surface area contributed by atoms with Crippen LogP contribution in [0, 0.1) is 12.3 Å². The summed E-state index contributed by atoms with van der Waals surface area (Å²) in [7, 11) is -1.50. The first-order valence-corrected chi connectivity index (χ1v) is 9.45. The molecule has 2 N–H and O–H groups in total. The SMILES string of the molecule is Cc1ccc(Br)cc1S(=O)/C(C=NCC1OCC(C)(C)CO1)=N/N. The minimum absolute atomic E-state index is 0.0177. The molecule has 1 fully saturated rings. The zero-order chi connectivity index (χ0) is 17.7. The summed E-state index contributed by atoms with van der Waals surface area (Å²) < 4.78 is 24.7. The van der Waals surface area contributed by atoms with E-state index in [9.17, 15) is 4.21 Å². The number of hydrazone groups is 1. The van der Waals surface area contributed by atoms with E-state index >= 15 is 0 Å². The standard InChI is InChI=1S/C16H22BrN3O3S/c1-11-4-5-12(17)6-13(11)24(21)14(20-18)7-19-8-15-22-9-16(2,3)10-23-15/h4-7,15H,8-10,18H2,1-3H3/b19-7?,20-14+. The van der Waals surface area contributed by atoms with Crippen molar-refractivity contribution in [2.75, 3.05) is 19.8 Å². The van der Waals surface area contributed by atoms with Crippen LogP contribution in [-0.2, 0) is 20.3 Å². The van der Waals surface area contributed by atoms with E-state index in [4.69, 9.17) is 15.3 Å². The fourth-order valence-electron chi connectivity index (χ4n) is 2.06. The normalized spacial score (nSPS) is 20.4. The molecule has 24 heavy (non-hydrogen) atoms. The number of aliphatic imine (C=N–C) groups is 1. The molecule has 8 heteroatoms. The lowest BCUT2D eigenvalue weighted by atomic mass is 9.96.